The highest BCUT2D eigenvalue weighted by Gasteiger charge is 2.89. The van der Waals surface area contributed by atoms with Gasteiger partial charge in [0.25, 0.3) is 0 Å². The van der Waals surface area contributed by atoms with Gasteiger partial charge in [-0.2, -0.15) is 0 Å². The number of Topliss-reactive ketones (excluding diaryl/α,β-unsaturated/α-hetero) is 1. The third-order valence-electron chi connectivity index (χ3n) is 8.87. The number of rotatable bonds is 2. The van der Waals surface area contributed by atoms with Gasteiger partial charge in [-0.25, -0.2) is 0 Å². The van der Waals surface area contributed by atoms with Gasteiger partial charge in [0, 0.05) is 42.9 Å². The van der Waals surface area contributed by atoms with Crippen molar-refractivity contribution in [2.45, 2.75) is 76.7 Å². The van der Waals surface area contributed by atoms with E-state index in [2.05, 4.69) is 6.58 Å². The SMILES string of the molecule is C=C1[C@@H](O)[C@]2(O)C(=O)C(C)=C[C@H]2[C@]2(O)[C@H]([C@@H]3C(C)(C)[C@]3(OC(C)=O)[C@H](OC(C)=O)[C@H]2C)[C@H]1O. The molecule has 3 fully saturated rings. The molecule has 0 aliphatic heterocycles. The molecule has 3 saturated carbocycles. The molecule has 4 aliphatic carbocycles. The molecular formula is C24H32O9. The quantitative estimate of drug-likeness (QED) is 0.328. The molecular weight excluding hydrogens is 432 g/mol. The monoisotopic (exact) mass is 464 g/mol. The van der Waals surface area contributed by atoms with Crippen LogP contribution in [0, 0.1) is 29.1 Å². The van der Waals surface area contributed by atoms with E-state index in [0.717, 1.165) is 0 Å². The summed E-state index contributed by atoms with van der Waals surface area (Å²) in [6.45, 7) is 12.8. The maximum atomic E-state index is 13.0. The van der Waals surface area contributed by atoms with E-state index in [4.69, 9.17) is 9.47 Å². The summed E-state index contributed by atoms with van der Waals surface area (Å²) in [6.07, 6.45) is -3.12. The molecule has 0 aromatic carbocycles. The number of hydrogen-bond acceptors (Lipinski definition) is 9. The van der Waals surface area contributed by atoms with Crippen molar-refractivity contribution in [1.82, 2.24) is 0 Å². The molecule has 4 N–H and O–H groups in total. The lowest BCUT2D eigenvalue weighted by Crippen LogP contribution is -2.68. The van der Waals surface area contributed by atoms with Gasteiger partial charge in [0.1, 0.15) is 12.2 Å². The molecule has 0 aromatic heterocycles. The molecule has 10 atom stereocenters. The molecule has 33 heavy (non-hydrogen) atoms. The van der Waals surface area contributed by atoms with Crippen molar-refractivity contribution < 1.29 is 44.3 Å². The maximum Gasteiger partial charge on any atom is 0.303 e. The molecule has 0 unspecified atom stereocenters. The van der Waals surface area contributed by atoms with Crippen LogP contribution in [0.4, 0.5) is 0 Å². The Bertz CT molecular complexity index is 998. The average molecular weight is 465 g/mol. The number of fused-ring (bicyclic) bond motifs is 5. The number of aliphatic hydroxyl groups excluding tert-OH is 2. The molecule has 0 aromatic rings. The number of esters is 2. The smallest absolute Gasteiger partial charge is 0.303 e. The van der Waals surface area contributed by atoms with E-state index >= 15 is 0 Å². The first-order valence-corrected chi connectivity index (χ1v) is 11.1. The molecule has 0 heterocycles. The van der Waals surface area contributed by atoms with E-state index in [1.54, 1.807) is 20.8 Å². The molecule has 0 saturated heterocycles. The number of hydrogen-bond donors (Lipinski definition) is 4. The maximum absolute atomic E-state index is 13.0. The van der Waals surface area contributed by atoms with Crippen LogP contribution in [-0.4, -0.2) is 73.3 Å². The lowest BCUT2D eigenvalue weighted by Gasteiger charge is -2.53. The summed E-state index contributed by atoms with van der Waals surface area (Å²) in [5, 5.41) is 46.3. The van der Waals surface area contributed by atoms with Crippen molar-refractivity contribution in [3.8, 4) is 0 Å². The minimum absolute atomic E-state index is 0.154. The Morgan fingerprint density at radius 2 is 1.70 bits per heavy atom. The third kappa shape index (κ3) is 2.54. The zero-order chi connectivity index (χ0) is 25.0. The Kier molecular flexibility index (Phi) is 4.92. The summed E-state index contributed by atoms with van der Waals surface area (Å²) in [4.78, 5) is 37.3. The van der Waals surface area contributed by atoms with Crippen molar-refractivity contribution in [2.75, 3.05) is 0 Å². The lowest BCUT2D eigenvalue weighted by molar-refractivity contribution is -0.242. The van der Waals surface area contributed by atoms with Gasteiger partial charge < -0.3 is 29.9 Å². The van der Waals surface area contributed by atoms with Gasteiger partial charge >= 0.3 is 11.9 Å². The van der Waals surface area contributed by atoms with Crippen LogP contribution < -0.4 is 0 Å². The van der Waals surface area contributed by atoms with Crippen LogP contribution >= 0.6 is 0 Å². The Hall–Kier alpha value is -2.07. The highest BCUT2D eigenvalue weighted by atomic mass is 16.6. The molecule has 9 heteroatoms. The van der Waals surface area contributed by atoms with E-state index < -0.39 is 81.9 Å². The predicted molar refractivity (Wildman–Crippen MR) is 113 cm³/mol. The van der Waals surface area contributed by atoms with Crippen LogP contribution in [0.3, 0.4) is 0 Å². The van der Waals surface area contributed by atoms with Crippen LogP contribution in [-0.2, 0) is 23.9 Å². The molecule has 0 amide bonds. The first-order valence-electron chi connectivity index (χ1n) is 11.1. The Balaban J connectivity index is 2.02. The zero-order valence-corrected chi connectivity index (χ0v) is 19.7. The molecule has 0 spiro atoms. The lowest BCUT2D eigenvalue weighted by atomic mass is 9.58. The van der Waals surface area contributed by atoms with E-state index in [0.29, 0.717) is 0 Å². The summed E-state index contributed by atoms with van der Waals surface area (Å²) in [5.41, 5.74) is -6.76. The standard InChI is InChI=1S/C24H32O9/c1-9-8-14-22(30)11(3)20(32-12(4)25)24(33-13(5)26)17(21(24,6)7)15(22)16(27)10(2)19(29)23(14,31)18(9)28/h8,11,14-17,19-20,27,29-31H,2H2,1,3-7H3/t11-,14+,15+,16+,17-,19-,20-,22+,23-,24-/m1/s1. The second kappa shape index (κ2) is 6.75. The van der Waals surface area contributed by atoms with Gasteiger partial charge in [0.15, 0.2) is 17.0 Å². The van der Waals surface area contributed by atoms with Crippen molar-refractivity contribution in [1.29, 1.82) is 0 Å². The van der Waals surface area contributed by atoms with Crippen LogP contribution in [0.15, 0.2) is 23.8 Å². The fourth-order valence-electron chi connectivity index (χ4n) is 7.39. The predicted octanol–water partition coefficient (Wildman–Crippen LogP) is 0.0409. The van der Waals surface area contributed by atoms with E-state index in [1.807, 2.05) is 0 Å². The van der Waals surface area contributed by atoms with Crippen molar-refractivity contribution >= 4 is 17.7 Å². The second-order valence-corrected chi connectivity index (χ2v) is 10.7. The topological polar surface area (TPSA) is 151 Å². The molecule has 4 aliphatic rings. The first kappa shape index (κ1) is 24.1. The van der Waals surface area contributed by atoms with E-state index in [9.17, 15) is 34.8 Å². The molecule has 4 rings (SSSR count). The number of carbonyl (C=O) groups excluding carboxylic acids is 3. The van der Waals surface area contributed by atoms with Gasteiger partial charge in [0.2, 0.25) is 0 Å². The minimum atomic E-state index is -2.46. The molecule has 9 nitrogen and oxygen atoms in total. The van der Waals surface area contributed by atoms with Crippen LogP contribution in [0.25, 0.3) is 0 Å². The third-order valence-corrected chi connectivity index (χ3v) is 8.87. The Morgan fingerprint density at radius 3 is 2.21 bits per heavy atom. The number of aliphatic hydroxyl groups is 4. The fraction of sp³-hybridized carbons (Fsp3) is 0.708. The summed E-state index contributed by atoms with van der Waals surface area (Å²) in [6, 6.07) is 0. The molecule has 0 bridgehead atoms. The highest BCUT2D eigenvalue weighted by Crippen LogP contribution is 2.77. The van der Waals surface area contributed by atoms with Crippen LogP contribution in [0.5, 0.6) is 0 Å². The zero-order valence-electron chi connectivity index (χ0n) is 19.7. The first-order chi connectivity index (χ1) is 15.0. The Labute approximate surface area is 192 Å². The number of ether oxygens (including phenoxy) is 2. The second-order valence-electron chi connectivity index (χ2n) is 10.7. The summed E-state index contributed by atoms with van der Waals surface area (Å²) >= 11 is 0. The largest absolute Gasteiger partial charge is 0.458 e. The van der Waals surface area contributed by atoms with Crippen LogP contribution in [0.1, 0.15) is 41.5 Å². The number of ketones is 1. The van der Waals surface area contributed by atoms with Gasteiger partial charge in [-0.3, -0.25) is 14.4 Å². The summed E-state index contributed by atoms with van der Waals surface area (Å²) in [7, 11) is 0. The number of carbonyl (C=O) groups is 3. The molecule has 182 valence electrons. The van der Waals surface area contributed by atoms with Gasteiger partial charge in [-0.15, -0.1) is 0 Å². The van der Waals surface area contributed by atoms with Gasteiger partial charge in [-0.1, -0.05) is 33.4 Å². The van der Waals surface area contributed by atoms with Crippen LogP contribution in [0.2, 0.25) is 0 Å². The van der Waals surface area contributed by atoms with Gasteiger partial charge in [-0.05, 0) is 18.1 Å². The van der Waals surface area contributed by atoms with E-state index in [-0.39, 0.29) is 11.1 Å². The summed E-state index contributed by atoms with van der Waals surface area (Å²) in [5.74, 6) is -6.22. The fourth-order valence-corrected chi connectivity index (χ4v) is 7.39. The van der Waals surface area contributed by atoms with E-state index in [1.165, 1.54) is 26.8 Å². The minimum Gasteiger partial charge on any atom is -0.458 e. The van der Waals surface area contributed by atoms with Crippen molar-refractivity contribution in [2.24, 2.45) is 29.1 Å². The van der Waals surface area contributed by atoms with Gasteiger partial charge in [0.05, 0.1) is 11.7 Å². The normalized spacial score (nSPS) is 49.8. The van der Waals surface area contributed by atoms with Crippen molar-refractivity contribution in [3.63, 3.8) is 0 Å². The Morgan fingerprint density at radius 1 is 1.12 bits per heavy atom. The van der Waals surface area contributed by atoms with Crippen molar-refractivity contribution in [3.05, 3.63) is 23.8 Å². The molecule has 0 radical (unpaired) electrons. The average Bonchev–Trinajstić information content (AvgIpc) is 3.08. The summed E-state index contributed by atoms with van der Waals surface area (Å²) < 4.78 is 11.4. The highest BCUT2D eigenvalue weighted by molar-refractivity contribution is 6.05.